The molecule has 1 N–H and O–H groups in total. The Kier molecular flexibility index (Phi) is 6.00. The van der Waals surface area contributed by atoms with E-state index in [1.165, 1.54) is 15.6 Å². The number of aromatic nitrogens is 2. The monoisotopic (exact) mass is 464 g/mol. The number of thiophene rings is 1. The maximum Gasteiger partial charge on any atom is 0.244 e. The fraction of sp³-hybridized carbons (Fsp3) is 0.450. The molecule has 1 fully saturated rings. The number of rotatable bonds is 6. The highest BCUT2D eigenvalue weighted by Gasteiger charge is 2.34. The van der Waals surface area contributed by atoms with Gasteiger partial charge in [0.25, 0.3) is 0 Å². The highest BCUT2D eigenvalue weighted by atomic mass is 32.2. The maximum atomic E-state index is 13.2. The molecule has 0 unspecified atom stereocenters. The molecule has 0 radical (unpaired) electrons. The minimum absolute atomic E-state index is 0.0763. The number of nitrogens with one attached hydrogen (secondary N) is 1. The molecule has 0 aliphatic carbocycles. The van der Waals surface area contributed by atoms with Gasteiger partial charge in [-0.25, -0.2) is 8.42 Å². The molecule has 166 valence electrons. The maximum absolute atomic E-state index is 13.2. The summed E-state index contributed by atoms with van der Waals surface area (Å²) in [5.74, 6) is 2.01. The topological polar surface area (TPSA) is 119 Å². The second-order valence-corrected chi connectivity index (χ2v) is 10.7. The molecule has 0 aromatic carbocycles. The van der Waals surface area contributed by atoms with Gasteiger partial charge in [0.2, 0.25) is 27.6 Å². The van der Waals surface area contributed by atoms with Crippen molar-refractivity contribution in [3.63, 3.8) is 0 Å². The largest absolute Gasteiger partial charge is 0.465 e. The molecule has 0 saturated carbocycles. The fourth-order valence-corrected chi connectivity index (χ4v) is 6.58. The van der Waals surface area contributed by atoms with Crippen LogP contribution in [0.3, 0.4) is 0 Å². The van der Waals surface area contributed by atoms with Crippen molar-refractivity contribution in [2.75, 3.05) is 13.1 Å². The third-order valence-corrected chi connectivity index (χ3v) is 8.50. The van der Waals surface area contributed by atoms with Gasteiger partial charge in [0.15, 0.2) is 0 Å². The van der Waals surface area contributed by atoms with Crippen LogP contribution < -0.4 is 5.32 Å². The highest BCUT2D eigenvalue weighted by Crippen LogP contribution is 2.34. The first-order valence-corrected chi connectivity index (χ1v) is 12.2. The molecule has 11 heteroatoms. The summed E-state index contributed by atoms with van der Waals surface area (Å²) in [6.45, 7) is 6.23. The molecule has 0 atom stereocenters. The highest BCUT2D eigenvalue weighted by molar-refractivity contribution is 7.89. The Labute approximate surface area is 184 Å². The van der Waals surface area contributed by atoms with Crippen molar-refractivity contribution in [1.82, 2.24) is 19.8 Å². The molecular formula is C20H24N4O5S2. The van der Waals surface area contributed by atoms with Gasteiger partial charge in [-0.05, 0) is 44.9 Å². The molecular weight excluding hydrogens is 440 g/mol. The van der Waals surface area contributed by atoms with Crippen molar-refractivity contribution < 1.29 is 22.2 Å². The number of nitrogens with zero attached hydrogens (tertiary/aromatic N) is 3. The molecule has 0 bridgehead atoms. The first-order chi connectivity index (χ1) is 14.7. The van der Waals surface area contributed by atoms with Gasteiger partial charge in [0.05, 0.1) is 16.3 Å². The van der Waals surface area contributed by atoms with Gasteiger partial charge in [-0.2, -0.15) is 9.29 Å². The number of aryl methyl sites for hydroxylation is 3. The molecule has 3 aromatic heterocycles. The van der Waals surface area contributed by atoms with Gasteiger partial charge in [0.1, 0.15) is 11.5 Å². The normalized spacial score (nSPS) is 16.0. The Morgan fingerprint density at radius 3 is 2.61 bits per heavy atom. The minimum atomic E-state index is -3.66. The van der Waals surface area contributed by atoms with Crippen molar-refractivity contribution in [1.29, 1.82) is 0 Å². The summed E-state index contributed by atoms with van der Waals surface area (Å²) < 4.78 is 38.3. The number of hydrogen-bond acceptors (Lipinski definition) is 8. The molecule has 4 heterocycles. The van der Waals surface area contributed by atoms with Gasteiger partial charge < -0.3 is 14.3 Å². The molecule has 1 amide bonds. The Bertz CT molecular complexity index is 1190. The van der Waals surface area contributed by atoms with Gasteiger partial charge in [0, 0.05) is 30.8 Å². The zero-order valence-electron chi connectivity index (χ0n) is 17.5. The third kappa shape index (κ3) is 4.58. The zero-order chi connectivity index (χ0) is 22.2. The van der Waals surface area contributed by atoms with E-state index in [2.05, 4.69) is 15.5 Å². The quantitative estimate of drug-likeness (QED) is 0.595. The van der Waals surface area contributed by atoms with Crippen LogP contribution in [0.15, 0.2) is 32.0 Å². The average molecular weight is 465 g/mol. The second-order valence-electron chi connectivity index (χ2n) is 7.58. The first kappa shape index (κ1) is 21.7. The number of furan rings is 1. The zero-order valence-corrected chi connectivity index (χ0v) is 19.2. The summed E-state index contributed by atoms with van der Waals surface area (Å²) in [6.07, 6.45) is 0.949. The van der Waals surface area contributed by atoms with E-state index >= 15 is 0 Å². The molecule has 31 heavy (non-hydrogen) atoms. The van der Waals surface area contributed by atoms with Crippen molar-refractivity contribution in [2.45, 2.75) is 45.1 Å². The van der Waals surface area contributed by atoms with Gasteiger partial charge in [-0.1, -0.05) is 5.16 Å². The van der Waals surface area contributed by atoms with Crippen LogP contribution in [0.5, 0.6) is 0 Å². The SMILES string of the molecule is Cc1ccc(CNC(=O)C2CCN(S(=O)(=O)c3cc(-c4noc(C)n4)sc3C)CC2)o1. The smallest absolute Gasteiger partial charge is 0.244 e. The van der Waals surface area contributed by atoms with E-state index in [1.54, 1.807) is 19.9 Å². The Morgan fingerprint density at radius 2 is 2.00 bits per heavy atom. The van der Waals surface area contributed by atoms with Crippen molar-refractivity contribution in [3.8, 4) is 10.7 Å². The summed E-state index contributed by atoms with van der Waals surface area (Å²) in [5, 5.41) is 6.75. The van der Waals surface area contributed by atoms with E-state index in [9.17, 15) is 13.2 Å². The second kappa shape index (κ2) is 8.56. The number of amides is 1. The van der Waals surface area contributed by atoms with E-state index in [0.29, 0.717) is 59.7 Å². The average Bonchev–Trinajstić information content (AvgIpc) is 3.46. The van der Waals surface area contributed by atoms with Crippen molar-refractivity contribution >= 4 is 27.3 Å². The van der Waals surface area contributed by atoms with Crippen LogP contribution in [-0.4, -0.2) is 41.9 Å². The Hall–Kier alpha value is -2.50. The van der Waals surface area contributed by atoms with Gasteiger partial charge in [-0.15, -0.1) is 11.3 Å². The molecule has 4 rings (SSSR count). The molecule has 1 saturated heterocycles. The Morgan fingerprint density at radius 1 is 1.26 bits per heavy atom. The van der Waals surface area contributed by atoms with Gasteiger partial charge >= 0.3 is 0 Å². The lowest BCUT2D eigenvalue weighted by Gasteiger charge is -2.30. The lowest BCUT2D eigenvalue weighted by molar-refractivity contribution is -0.126. The number of piperidine rings is 1. The molecule has 1 aliphatic heterocycles. The van der Waals surface area contributed by atoms with Crippen LogP contribution >= 0.6 is 11.3 Å². The molecule has 3 aromatic rings. The number of sulfonamides is 1. The summed E-state index contributed by atoms with van der Waals surface area (Å²) in [6, 6.07) is 5.28. The van der Waals surface area contributed by atoms with E-state index in [0.717, 1.165) is 5.76 Å². The third-order valence-electron chi connectivity index (χ3n) is 5.30. The molecule has 0 spiro atoms. The van der Waals surface area contributed by atoms with Crippen LogP contribution in [0.25, 0.3) is 10.7 Å². The number of carbonyl (C=O) groups excluding carboxylic acids is 1. The predicted molar refractivity (Wildman–Crippen MR) is 114 cm³/mol. The summed E-state index contributed by atoms with van der Waals surface area (Å²) in [4.78, 5) is 18.2. The van der Waals surface area contributed by atoms with Crippen LogP contribution in [0, 0.1) is 26.7 Å². The van der Waals surface area contributed by atoms with Crippen LogP contribution in [-0.2, 0) is 21.4 Å². The van der Waals surface area contributed by atoms with E-state index < -0.39 is 10.0 Å². The van der Waals surface area contributed by atoms with Crippen molar-refractivity contribution in [3.05, 3.63) is 40.5 Å². The van der Waals surface area contributed by atoms with E-state index in [4.69, 9.17) is 8.94 Å². The Balaban J connectivity index is 1.39. The van der Waals surface area contributed by atoms with Crippen LogP contribution in [0.4, 0.5) is 0 Å². The number of hydrogen-bond donors (Lipinski definition) is 1. The van der Waals surface area contributed by atoms with Crippen LogP contribution in [0.1, 0.15) is 35.1 Å². The molecule has 9 nitrogen and oxygen atoms in total. The molecule has 1 aliphatic rings. The van der Waals surface area contributed by atoms with E-state index in [-0.39, 0.29) is 16.7 Å². The van der Waals surface area contributed by atoms with Gasteiger partial charge in [-0.3, -0.25) is 4.79 Å². The summed E-state index contributed by atoms with van der Waals surface area (Å²) in [7, 11) is -3.66. The standard InChI is InChI=1S/C20H24N4O5S2/c1-12-4-5-16(28-12)11-21-20(25)15-6-8-24(9-7-15)31(26,27)18-10-17(30-13(18)2)19-22-14(3)29-23-19/h4-5,10,15H,6-9,11H2,1-3H3,(H,21,25). The minimum Gasteiger partial charge on any atom is -0.465 e. The predicted octanol–water partition coefficient (Wildman–Crippen LogP) is 3.03. The van der Waals surface area contributed by atoms with Crippen molar-refractivity contribution in [2.24, 2.45) is 5.92 Å². The van der Waals surface area contributed by atoms with Crippen LogP contribution in [0.2, 0.25) is 0 Å². The van der Waals surface area contributed by atoms with E-state index in [1.807, 2.05) is 19.1 Å². The lowest BCUT2D eigenvalue weighted by atomic mass is 9.97. The lowest BCUT2D eigenvalue weighted by Crippen LogP contribution is -2.42. The summed E-state index contributed by atoms with van der Waals surface area (Å²) >= 11 is 1.32. The first-order valence-electron chi connectivity index (χ1n) is 9.98. The number of carbonyl (C=O) groups is 1. The fourth-order valence-electron chi connectivity index (χ4n) is 3.63. The summed E-state index contributed by atoms with van der Waals surface area (Å²) in [5.41, 5.74) is 0.